The van der Waals surface area contributed by atoms with Gasteiger partial charge in [-0.15, -0.1) is 0 Å². The SMILES string of the molecule is CN1c2c(n(C)c(=O)n(Cc3ccc(Cl)c(Cl)c3)c2=O)NC1Nc1ccc(CO)cc1. The summed E-state index contributed by atoms with van der Waals surface area (Å²) in [6.45, 7) is 0.0397. The monoisotopic (exact) mass is 461 g/mol. The lowest BCUT2D eigenvalue weighted by Gasteiger charge is -2.23. The van der Waals surface area contributed by atoms with Crippen LogP contribution in [-0.4, -0.2) is 27.6 Å². The topological polar surface area (TPSA) is 91.5 Å². The average Bonchev–Trinajstić information content (AvgIpc) is 3.09. The Morgan fingerprint density at radius 3 is 2.35 bits per heavy atom. The number of aliphatic hydroxyl groups excluding tert-OH is 1. The molecule has 3 aromatic rings. The number of hydrogen-bond donors (Lipinski definition) is 3. The van der Waals surface area contributed by atoms with Crippen molar-refractivity contribution in [3.05, 3.63) is 84.5 Å². The predicted molar refractivity (Wildman–Crippen MR) is 123 cm³/mol. The molecule has 162 valence electrons. The van der Waals surface area contributed by atoms with Crippen molar-refractivity contribution in [3.63, 3.8) is 0 Å². The van der Waals surface area contributed by atoms with Crippen LogP contribution in [0.15, 0.2) is 52.1 Å². The lowest BCUT2D eigenvalue weighted by molar-refractivity contribution is 0.282. The highest BCUT2D eigenvalue weighted by Gasteiger charge is 2.32. The summed E-state index contributed by atoms with van der Waals surface area (Å²) >= 11 is 12.0. The predicted octanol–water partition coefficient (Wildman–Crippen LogP) is 2.65. The molecule has 1 aliphatic rings. The van der Waals surface area contributed by atoms with E-state index in [1.165, 1.54) is 9.13 Å². The second-order valence-electron chi connectivity index (χ2n) is 7.34. The van der Waals surface area contributed by atoms with E-state index in [1.807, 2.05) is 24.3 Å². The van der Waals surface area contributed by atoms with Crippen LogP contribution in [0.4, 0.5) is 17.2 Å². The summed E-state index contributed by atoms with van der Waals surface area (Å²) in [4.78, 5) is 27.9. The molecule has 2 aromatic carbocycles. The number of rotatable bonds is 5. The van der Waals surface area contributed by atoms with Gasteiger partial charge in [-0.25, -0.2) is 4.79 Å². The fraction of sp³-hybridized carbons (Fsp3) is 0.238. The summed E-state index contributed by atoms with van der Waals surface area (Å²) in [5, 5.41) is 16.4. The van der Waals surface area contributed by atoms with Crippen molar-refractivity contribution in [2.75, 3.05) is 22.6 Å². The van der Waals surface area contributed by atoms with Crippen molar-refractivity contribution in [2.24, 2.45) is 7.05 Å². The van der Waals surface area contributed by atoms with Crippen LogP contribution in [0.3, 0.4) is 0 Å². The molecule has 0 fully saturated rings. The van der Waals surface area contributed by atoms with Gasteiger partial charge in [-0.1, -0.05) is 41.4 Å². The molecule has 2 heterocycles. The molecule has 1 aromatic heterocycles. The number of halogens is 2. The van der Waals surface area contributed by atoms with Gasteiger partial charge in [-0.2, -0.15) is 0 Å². The van der Waals surface area contributed by atoms with Crippen molar-refractivity contribution < 1.29 is 5.11 Å². The van der Waals surface area contributed by atoms with Crippen molar-refractivity contribution in [3.8, 4) is 0 Å². The van der Waals surface area contributed by atoms with Crippen molar-refractivity contribution in [1.29, 1.82) is 0 Å². The molecule has 1 unspecified atom stereocenters. The van der Waals surface area contributed by atoms with E-state index in [1.54, 1.807) is 37.2 Å². The molecule has 1 atom stereocenters. The highest BCUT2D eigenvalue weighted by Crippen LogP contribution is 2.29. The van der Waals surface area contributed by atoms with E-state index in [2.05, 4.69) is 10.6 Å². The zero-order valence-electron chi connectivity index (χ0n) is 16.9. The second kappa shape index (κ2) is 8.30. The van der Waals surface area contributed by atoms with E-state index in [9.17, 15) is 14.7 Å². The van der Waals surface area contributed by atoms with Crippen molar-refractivity contribution in [2.45, 2.75) is 19.4 Å². The van der Waals surface area contributed by atoms with Gasteiger partial charge in [0.15, 0.2) is 6.29 Å². The Bertz CT molecular complexity index is 1250. The summed E-state index contributed by atoms with van der Waals surface area (Å²) in [6, 6.07) is 12.3. The summed E-state index contributed by atoms with van der Waals surface area (Å²) in [5.41, 5.74) is 1.83. The van der Waals surface area contributed by atoms with E-state index >= 15 is 0 Å². The molecular weight excluding hydrogens is 441 g/mol. The maximum Gasteiger partial charge on any atom is 0.332 e. The van der Waals surface area contributed by atoms with E-state index in [4.69, 9.17) is 23.2 Å². The minimum atomic E-state index is -0.441. The smallest absolute Gasteiger partial charge is 0.332 e. The molecule has 10 heteroatoms. The first-order valence-corrected chi connectivity index (χ1v) is 10.3. The van der Waals surface area contributed by atoms with Gasteiger partial charge >= 0.3 is 5.69 Å². The normalized spacial score (nSPS) is 15.0. The van der Waals surface area contributed by atoms with Crippen LogP contribution in [0.1, 0.15) is 11.1 Å². The Balaban J connectivity index is 1.67. The molecule has 1 aliphatic heterocycles. The van der Waals surface area contributed by atoms with Gasteiger partial charge in [0.05, 0.1) is 23.2 Å². The van der Waals surface area contributed by atoms with Crippen molar-refractivity contribution in [1.82, 2.24) is 9.13 Å². The molecule has 0 spiro atoms. The third kappa shape index (κ3) is 3.89. The Labute approximate surface area is 188 Å². The van der Waals surface area contributed by atoms with Crippen molar-refractivity contribution >= 4 is 40.4 Å². The molecule has 0 radical (unpaired) electrons. The average molecular weight is 462 g/mol. The van der Waals surface area contributed by atoms with E-state index in [-0.39, 0.29) is 13.2 Å². The van der Waals surface area contributed by atoms with Crippen LogP contribution in [0.5, 0.6) is 0 Å². The first kappa shape index (κ1) is 21.3. The molecule has 0 bridgehead atoms. The zero-order valence-corrected chi connectivity index (χ0v) is 18.4. The summed E-state index contributed by atoms with van der Waals surface area (Å²) in [5.74, 6) is 0.437. The number of aromatic nitrogens is 2. The molecule has 31 heavy (non-hydrogen) atoms. The first-order valence-electron chi connectivity index (χ1n) is 9.53. The molecule has 0 saturated carbocycles. The lowest BCUT2D eigenvalue weighted by atomic mass is 10.2. The molecule has 3 N–H and O–H groups in total. The number of benzene rings is 2. The molecule has 0 saturated heterocycles. The Morgan fingerprint density at radius 1 is 1.03 bits per heavy atom. The molecule has 4 rings (SSSR count). The first-order chi connectivity index (χ1) is 14.8. The fourth-order valence-electron chi connectivity index (χ4n) is 3.55. The summed E-state index contributed by atoms with van der Waals surface area (Å²) in [6.07, 6.45) is -0.436. The minimum Gasteiger partial charge on any atom is -0.392 e. The lowest BCUT2D eigenvalue weighted by Crippen LogP contribution is -2.42. The standard InChI is InChI=1S/C21H21Cl2N5O3/c1-26-17-18(25-20(26)24-14-6-3-12(11-29)4-7-14)27(2)21(31)28(19(17)30)10-13-5-8-15(22)16(23)9-13/h3-9,20,24-25,29H,10-11H2,1-2H3. The zero-order chi connectivity index (χ0) is 22.3. The van der Waals surface area contributed by atoms with Crippen LogP contribution in [0.25, 0.3) is 0 Å². The molecule has 0 amide bonds. The quantitative estimate of drug-likeness (QED) is 0.540. The number of nitrogens with zero attached hydrogens (tertiary/aromatic N) is 3. The number of hydrogen-bond acceptors (Lipinski definition) is 6. The highest BCUT2D eigenvalue weighted by molar-refractivity contribution is 6.42. The number of fused-ring (bicyclic) bond motifs is 1. The fourth-order valence-corrected chi connectivity index (χ4v) is 3.87. The summed E-state index contributed by atoms with van der Waals surface area (Å²) in [7, 11) is 3.39. The Kier molecular flexibility index (Phi) is 5.70. The Hall–Kier alpha value is -2.94. The molecule has 0 aliphatic carbocycles. The summed E-state index contributed by atoms with van der Waals surface area (Å²) < 4.78 is 2.59. The maximum atomic E-state index is 13.2. The number of anilines is 3. The highest BCUT2D eigenvalue weighted by atomic mass is 35.5. The van der Waals surface area contributed by atoms with Crippen LogP contribution >= 0.6 is 23.2 Å². The maximum absolute atomic E-state index is 13.2. The van der Waals surface area contributed by atoms with E-state index < -0.39 is 17.5 Å². The number of nitrogens with one attached hydrogen (secondary N) is 2. The van der Waals surface area contributed by atoms with E-state index in [0.717, 1.165) is 11.3 Å². The Morgan fingerprint density at radius 2 is 1.71 bits per heavy atom. The number of aliphatic hydroxyl groups is 1. The van der Waals surface area contributed by atoms with Gasteiger partial charge in [0.1, 0.15) is 11.5 Å². The van der Waals surface area contributed by atoms with Crippen LogP contribution in [0, 0.1) is 0 Å². The van der Waals surface area contributed by atoms with Gasteiger partial charge < -0.3 is 20.6 Å². The van der Waals surface area contributed by atoms with Crippen LogP contribution in [-0.2, 0) is 20.2 Å². The van der Waals surface area contributed by atoms with Gasteiger partial charge in [0.25, 0.3) is 5.56 Å². The third-order valence-electron chi connectivity index (χ3n) is 5.30. The van der Waals surface area contributed by atoms with Gasteiger partial charge in [-0.3, -0.25) is 13.9 Å². The third-order valence-corrected chi connectivity index (χ3v) is 6.04. The van der Waals surface area contributed by atoms with Crippen LogP contribution < -0.4 is 26.8 Å². The van der Waals surface area contributed by atoms with Crippen LogP contribution in [0.2, 0.25) is 10.0 Å². The molecular formula is C21H21Cl2N5O3. The molecule has 8 nitrogen and oxygen atoms in total. The van der Waals surface area contributed by atoms with Gasteiger partial charge in [0.2, 0.25) is 0 Å². The minimum absolute atomic E-state index is 0.0339. The largest absolute Gasteiger partial charge is 0.392 e. The van der Waals surface area contributed by atoms with E-state index in [0.29, 0.717) is 27.1 Å². The van der Waals surface area contributed by atoms with Gasteiger partial charge in [-0.05, 0) is 35.4 Å². The van der Waals surface area contributed by atoms with Gasteiger partial charge in [0, 0.05) is 19.8 Å². The second-order valence-corrected chi connectivity index (χ2v) is 8.15.